The Morgan fingerprint density at radius 3 is 2.38 bits per heavy atom. The number of carbonyl (C=O) groups is 3. The van der Waals surface area contributed by atoms with Crippen LogP contribution in [0.4, 0.5) is 5.69 Å². The van der Waals surface area contributed by atoms with Crippen molar-refractivity contribution in [2.24, 2.45) is 0 Å². The zero-order valence-corrected chi connectivity index (χ0v) is 15.1. The van der Waals surface area contributed by atoms with E-state index in [1.807, 2.05) is 0 Å². The SMILES string of the molecule is Cc1c(C(=O)Nc2ccc(C(C)(C)C(=O)O)cc2)[nH]c2c1C(=O)CCC2. The van der Waals surface area contributed by atoms with Gasteiger partial charge in [0.2, 0.25) is 0 Å². The lowest BCUT2D eigenvalue weighted by Gasteiger charge is -2.19. The van der Waals surface area contributed by atoms with Crippen molar-refractivity contribution in [3.63, 3.8) is 0 Å². The fourth-order valence-corrected chi connectivity index (χ4v) is 3.29. The molecule has 0 radical (unpaired) electrons. The highest BCUT2D eigenvalue weighted by Gasteiger charge is 2.29. The number of Topliss-reactive ketones (excluding diaryl/α,β-unsaturated/α-hetero) is 1. The molecule has 0 saturated heterocycles. The number of hydrogen-bond donors (Lipinski definition) is 3. The van der Waals surface area contributed by atoms with Crippen LogP contribution in [-0.4, -0.2) is 27.8 Å². The van der Waals surface area contributed by atoms with E-state index in [9.17, 15) is 19.5 Å². The molecule has 136 valence electrons. The van der Waals surface area contributed by atoms with Gasteiger partial charge >= 0.3 is 5.97 Å². The third-order valence-corrected chi connectivity index (χ3v) is 5.06. The lowest BCUT2D eigenvalue weighted by atomic mass is 9.85. The Balaban J connectivity index is 1.81. The molecule has 0 spiro atoms. The molecule has 0 unspecified atom stereocenters. The third kappa shape index (κ3) is 3.03. The van der Waals surface area contributed by atoms with Crippen LogP contribution in [0.25, 0.3) is 0 Å². The molecule has 1 heterocycles. The maximum absolute atomic E-state index is 12.6. The summed E-state index contributed by atoms with van der Waals surface area (Å²) in [7, 11) is 0. The van der Waals surface area contributed by atoms with Gasteiger partial charge in [-0.25, -0.2) is 0 Å². The first kappa shape index (κ1) is 17.9. The van der Waals surface area contributed by atoms with Gasteiger partial charge in [0, 0.05) is 23.4 Å². The number of hydrogen-bond acceptors (Lipinski definition) is 3. The normalized spacial score (nSPS) is 14.0. The number of aryl methyl sites for hydroxylation is 1. The number of rotatable bonds is 4. The second kappa shape index (κ2) is 6.44. The first-order chi connectivity index (χ1) is 12.2. The molecule has 0 saturated carbocycles. The van der Waals surface area contributed by atoms with Gasteiger partial charge < -0.3 is 15.4 Å². The van der Waals surface area contributed by atoms with Gasteiger partial charge in [-0.2, -0.15) is 0 Å². The van der Waals surface area contributed by atoms with E-state index >= 15 is 0 Å². The summed E-state index contributed by atoms with van der Waals surface area (Å²) in [6, 6.07) is 6.75. The summed E-state index contributed by atoms with van der Waals surface area (Å²) >= 11 is 0. The zero-order valence-electron chi connectivity index (χ0n) is 15.1. The number of anilines is 1. The fourth-order valence-electron chi connectivity index (χ4n) is 3.29. The van der Waals surface area contributed by atoms with Crippen molar-refractivity contribution in [2.45, 2.75) is 45.4 Å². The molecule has 0 fully saturated rings. The summed E-state index contributed by atoms with van der Waals surface area (Å²) in [4.78, 5) is 39.1. The molecule has 3 rings (SSSR count). The lowest BCUT2D eigenvalue weighted by molar-refractivity contribution is -0.142. The van der Waals surface area contributed by atoms with Crippen molar-refractivity contribution in [3.8, 4) is 0 Å². The Morgan fingerprint density at radius 2 is 1.81 bits per heavy atom. The molecule has 1 amide bonds. The van der Waals surface area contributed by atoms with Crippen molar-refractivity contribution in [1.29, 1.82) is 0 Å². The Kier molecular flexibility index (Phi) is 4.44. The van der Waals surface area contributed by atoms with E-state index in [2.05, 4.69) is 10.3 Å². The van der Waals surface area contributed by atoms with Gasteiger partial charge in [0.05, 0.1) is 5.41 Å². The number of ketones is 1. The van der Waals surface area contributed by atoms with Crippen LogP contribution in [0.15, 0.2) is 24.3 Å². The molecule has 0 bridgehead atoms. The summed E-state index contributed by atoms with van der Waals surface area (Å²) in [5.74, 6) is -1.14. The van der Waals surface area contributed by atoms with Crippen LogP contribution in [0.5, 0.6) is 0 Å². The first-order valence-corrected chi connectivity index (χ1v) is 8.61. The van der Waals surface area contributed by atoms with E-state index in [-0.39, 0.29) is 11.7 Å². The molecule has 1 aromatic heterocycles. The van der Waals surface area contributed by atoms with Crippen LogP contribution < -0.4 is 5.32 Å². The van der Waals surface area contributed by atoms with Crippen LogP contribution >= 0.6 is 0 Å². The molecule has 1 aliphatic rings. The van der Waals surface area contributed by atoms with E-state index in [0.717, 1.165) is 18.5 Å². The van der Waals surface area contributed by atoms with Gasteiger partial charge in [-0.3, -0.25) is 14.4 Å². The van der Waals surface area contributed by atoms with E-state index in [4.69, 9.17) is 0 Å². The van der Waals surface area contributed by atoms with Gasteiger partial charge in [0.15, 0.2) is 5.78 Å². The molecule has 2 aromatic rings. The van der Waals surface area contributed by atoms with Crippen molar-refractivity contribution >= 4 is 23.3 Å². The predicted octanol–water partition coefficient (Wildman–Crippen LogP) is 3.46. The number of H-pyrrole nitrogens is 1. The number of benzene rings is 1. The van der Waals surface area contributed by atoms with Crippen LogP contribution in [0.2, 0.25) is 0 Å². The van der Waals surface area contributed by atoms with Crippen LogP contribution in [0, 0.1) is 6.92 Å². The second-order valence-corrected chi connectivity index (χ2v) is 7.22. The Morgan fingerprint density at radius 1 is 1.15 bits per heavy atom. The highest BCUT2D eigenvalue weighted by atomic mass is 16.4. The van der Waals surface area contributed by atoms with E-state index in [1.54, 1.807) is 45.0 Å². The number of aliphatic carboxylic acids is 1. The molecular formula is C20H22N2O4. The zero-order chi connectivity index (χ0) is 19.1. The third-order valence-electron chi connectivity index (χ3n) is 5.06. The average molecular weight is 354 g/mol. The van der Waals surface area contributed by atoms with E-state index < -0.39 is 11.4 Å². The molecule has 3 N–H and O–H groups in total. The van der Waals surface area contributed by atoms with Gasteiger partial charge in [-0.15, -0.1) is 0 Å². The van der Waals surface area contributed by atoms with Crippen molar-refractivity contribution in [3.05, 3.63) is 52.3 Å². The Hall–Kier alpha value is -2.89. The van der Waals surface area contributed by atoms with E-state index in [1.165, 1.54) is 0 Å². The monoisotopic (exact) mass is 354 g/mol. The summed E-state index contributed by atoms with van der Waals surface area (Å²) in [5, 5.41) is 12.1. The first-order valence-electron chi connectivity index (χ1n) is 8.61. The smallest absolute Gasteiger partial charge is 0.313 e. The summed E-state index contributed by atoms with van der Waals surface area (Å²) in [5.41, 5.74) is 2.80. The number of aromatic amines is 1. The van der Waals surface area contributed by atoms with Gasteiger partial charge in [-0.05, 0) is 56.9 Å². The fraction of sp³-hybridized carbons (Fsp3) is 0.350. The number of amides is 1. The Labute approximate surface area is 151 Å². The summed E-state index contributed by atoms with van der Waals surface area (Å²) in [6.45, 7) is 5.05. The Bertz CT molecular complexity index is 891. The minimum atomic E-state index is -1.00. The van der Waals surface area contributed by atoms with Crippen molar-refractivity contribution in [1.82, 2.24) is 4.98 Å². The number of nitrogens with one attached hydrogen (secondary N) is 2. The van der Waals surface area contributed by atoms with Crippen LogP contribution in [0.3, 0.4) is 0 Å². The van der Waals surface area contributed by atoms with Crippen LogP contribution in [0.1, 0.15) is 64.4 Å². The highest BCUT2D eigenvalue weighted by Crippen LogP contribution is 2.28. The molecule has 1 aliphatic carbocycles. The van der Waals surface area contributed by atoms with Gasteiger partial charge in [0.1, 0.15) is 5.69 Å². The maximum atomic E-state index is 12.6. The highest BCUT2D eigenvalue weighted by molar-refractivity contribution is 6.08. The molecule has 6 heteroatoms. The molecule has 0 atom stereocenters. The topological polar surface area (TPSA) is 99.3 Å². The number of carboxylic acid groups (broad SMARTS) is 1. The number of fused-ring (bicyclic) bond motifs is 1. The maximum Gasteiger partial charge on any atom is 0.313 e. The average Bonchev–Trinajstić information content (AvgIpc) is 2.93. The van der Waals surface area contributed by atoms with Gasteiger partial charge in [0.25, 0.3) is 5.91 Å². The largest absolute Gasteiger partial charge is 0.481 e. The lowest BCUT2D eigenvalue weighted by Crippen LogP contribution is -2.28. The van der Waals surface area contributed by atoms with Crippen LogP contribution in [-0.2, 0) is 16.6 Å². The summed E-state index contributed by atoms with van der Waals surface area (Å²) in [6.07, 6.45) is 2.09. The minimum Gasteiger partial charge on any atom is -0.481 e. The molecule has 6 nitrogen and oxygen atoms in total. The van der Waals surface area contributed by atoms with Crippen molar-refractivity contribution in [2.75, 3.05) is 5.32 Å². The summed E-state index contributed by atoms with van der Waals surface area (Å²) < 4.78 is 0. The van der Waals surface area contributed by atoms with E-state index in [0.29, 0.717) is 34.5 Å². The molecular weight excluding hydrogens is 332 g/mol. The predicted molar refractivity (Wildman–Crippen MR) is 97.9 cm³/mol. The minimum absolute atomic E-state index is 0.0827. The quantitative estimate of drug-likeness (QED) is 0.783. The van der Waals surface area contributed by atoms with Crippen molar-refractivity contribution < 1.29 is 19.5 Å². The molecule has 26 heavy (non-hydrogen) atoms. The standard InChI is InChI=1S/C20H22N2O4/c1-11-16-14(5-4-6-15(16)23)22-17(11)18(24)21-13-9-7-12(8-10-13)20(2,3)19(25)26/h7-10,22H,4-6H2,1-3H3,(H,21,24)(H,25,26). The number of aromatic nitrogens is 1. The second-order valence-electron chi connectivity index (χ2n) is 7.22. The molecule has 0 aliphatic heterocycles. The number of carboxylic acids is 1. The number of carbonyl (C=O) groups excluding carboxylic acids is 2. The molecule has 1 aromatic carbocycles. The van der Waals surface area contributed by atoms with Gasteiger partial charge in [-0.1, -0.05) is 12.1 Å².